The van der Waals surface area contributed by atoms with Gasteiger partial charge in [-0.2, -0.15) is 4.68 Å². The first-order chi connectivity index (χ1) is 11.3. The van der Waals surface area contributed by atoms with Crippen molar-refractivity contribution in [2.75, 3.05) is 18.4 Å². The topological polar surface area (TPSA) is 111 Å². The predicted octanol–water partition coefficient (Wildman–Crippen LogP) is 0.708. The van der Waals surface area contributed by atoms with E-state index in [0.29, 0.717) is 25.5 Å². The van der Waals surface area contributed by atoms with Gasteiger partial charge in [0.2, 0.25) is 11.9 Å². The second kappa shape index (κ2) is 8.84. The highest BCUT2D eigenvalue weighted by molar-refractivity contribution is 5.84. The lowest BCUT2D eigenvalue weighted by molar-refractivity contribution is -0.121. The van der Waals surface area contributed by atoms with Crippen molar-refractivity contribution in [1.29, 1.82) is 0 Å². The number of nitrogens with zero attached hydrogens (tertiary/aromatic N) is 4. The van der Waals surface area contributed by atoms with Crippen molar-refractivity contribution >= 4 is 11.9 Å². The molecule has 0 saturated heterocycles. The molecule has 4 N–H and O–H groups in total. The van der Waals surface area contributed by atoms with Gasteiger partial charge in [0.25, 0.3) is 0 Å². The molecule has 0 aliphatic carbocycles. The lowest BCUT2D eigenvalue weighted by Crippen LogP contribution is -2.40. The van der Waals surface area contributed by atoms with Crippen LogP contribution >= 0.6 is 0 Å². The minimum Gasteiger partial charge on any atom is -0.354 e. The van der Waals surface area contributed by atoms with Crippen LogP contribution in [0.4, 0.5) is 5.95 Å². The highest BCUT2D eigenvalue weighted by atomic mass is 16.2. The molecule has 124 valence electrons. The summed E-state index contributed by atoms with van der Waals surface area (Å²) in [6, 6.07) is 9.14. The number of carbonyl (C=O) groups is 1. The molecule has 0 fully saturated rings. The first kappa shape index (κ1) is 16.9. The van der Waals surface area contributed by atoms with Gasteiger partial charge in [-0.15, -0.1) is 0 Å². The highest BCUT2D eigenvalue weighted by Gasteiger charge is 2.19. The largest absolute Gasteiger partial charge is 0.354 e. The molecule has 8 nitrogen and oxygen atoms in total. The summed E-state index contributed by atoms with van der Waals surface area (Å²) in [5.74, 6) is 0.382. The monoisotopic (exact) mass is 317 g/mol. The maximum absolute atomic E-state index is 12.2. The fourth-order valence-electron chi connectivity index (χ4n) is 2.13. The molecule has 0 aliphatic rings. The molecule has 0 radical (unpaired) electrons. The SMILES string of the molecule is CCC(Nc1nnnn1-c1ccccc1)C(=O)NCCCCN. The van der Waals surface area contributed by atoms with Crippen LogP contribution in [0.5, 0.6) is 0 Å². The van der Waals surface area contributed by atoms with Gasteiger partial charge >= 0.3 is 0 Å². The van der Waals surface area contributed by atoms with E-state index in [9.17, 15) is 4.79 Å². The smallest absolute Gasteiger partial charge is 0.248 e. The van der Waals surface area contributed by atoms with Crippen molar-refractivity contribution in [2.45, 2.75) is 32.2 Å². The van der Waals surface area contributed by atoms with E-state index in [1.807, 2.05) is 37.3 Å². The van der Waals surface area contributed by atoms with Crippen LogP contribution in [-0.4, -0.2) is 45.2 Å². The first-order valence-corrected chi connectivity index (χ1v) is 7.84. The normalized spacial score (nSPS) is 11.9. The molecule has 1 aromatic carbocycles. The van der Waals surface area contributed by atoms with E-state index < -0.39 is 0 Å². The molecule has 23 heavy (non-hydrogen) atoms. The van der Waals surface area contributed by atoms with Crippen molar-refractivity contribution in [2.24, 2.45) is 5.73 Å². The molecular weight excluding hydrogens is 294 g/mol. The lowest BCUT2D eigenvalue weighted by Gasteiger charge is -2.17. The van der Waals surface area contributed by atoms with E-state index in [2.05, 4.69) is 26.2 Å². The third-order valence-corrected chi connectivity index (χ3v) is 3.43. The summed E-state index contributed by atoms with van der Waals surface area (Å²) in [6.45, 7) is 3.20. The summed E-state index contributed by atoms with van der Waals surface area (Å²) in [5.41, 5.74) is 6.28. The Balaban J connectivity index is 2.00. The van der Waals surface area contributed by atoms with Crippen LogP contribution in [0, 0.1) is 0 Å². The number of aromatic nitrogens is 4. The molecule has 0 aliphatic heterocycles. The molecule has 1 heterocycles. The van der Waals surface area contributed by atoms with Crippen LogP contribution in [0.3, 0.4) is 0 Å². The zero-order valence-corrected chi connectivity index (χ0v) is 13.3. The summed E-state index contributed by atoms with van der Waals surface area (Å²) < 4.78 is 1.57. The summed E-state index contributed by atoms with van der Waals surface area (Å²) in [5, 5.41) is 17.6. The number of hydrogen-bond acceptors (Lipinski definition) is 6. The maximum Gasteiger partial charge on any atom is 0.248 e. The molecule has 1 aromatic heterocycles. The standard InChI is InChI=1S/C15H23N7O/c1-2-13(14(23)17-11-7-6-10-16)18-15-19-20-21-22(15)12-8-4-3-5-9-12/h3-5,8-9,13H,2,6-7,10-11,16H2,1H3,(H,17,23)(H,18,19,21). The van der Waals surface area contributed by atoms with Crippen molar-refractivity contribution < 1.29 is 4.79 Å². The second-order valence-electron chi connectivity index (χ2n) is 5.14. The van der Waals surface area contributed by atoms with Crippen LogP contribution in [-0.2, 0) is 4.79 Å². The van der Waals surface area contributed by atoms with Gasteiger partial charge in [-0.05, 0) is 48.4 Å². The van der Waals surface area contributed by atoms with Crippen molar-refractivity contribution in [1.82, 2.24) is 25.5 Å². The van der Waals surface area contributed by atoms with E-state index in [4.69, 9.17) is 5.73 Å². The van der Waals surface area contributed by atoms with Crippen LogP contribution in [0.1, 0.15) is 26.2 Å². The quantitative estimate of drug-likeness (QED) is 0.587. The Morgan fingerprint density at radius 1 is 1.30 bits per heavy atom. The fraction of sp³-hybridized carbons (Fsp3) is 0.467. The van der Waals surface area contributed by atoms with E-state index in [1.165, 1.54) is 0 Å². The van der Waals surface area contributed by atoms with E-state index >= 15 is 0 Å². The number of rotatable bonds is 9. The molecule has 1 unspecified atom stereocenters. The average Bonchev–Trinajstić information content (AvgIpc) is 3.05. The maximum atomic E-state index is 12.2. The fourth-order valence-corrected chi connectivity index (χ4v) is 2.13. The van der Waals surface area contributed by atoms with E-state index in [0.717, 1.165) is 18.5 Å². The van der Waals surface area contributed by atoms with Gasteiger partial charge in [-0.3, -0.25) is 4.79 Å². The van der Waals surface area contributed by atoms with Crippen molar-refractivity contribution in [3.05, 3.63) is 30.3 Å². The number of unbranched alkanes of at least 4 members (excludes halogenated alkanes) is 1. The molecule has 1 atom stereocenters. The Hall–Kier alpha value is -2.48. The number of nitrogens with two attached hydrogens (primary N) is 1. The molecule has 0 spiro atoms. The van der Waals surface area contributed by atoms with Crippen LogP contribution in [0.25, 0.3) is 5.69 Å². The number of hydrogen-bond donors (Lipinski definition) is 3. The van der Waals surface area contributed by atoms with Crippen molar-refractivity contribution in [3.8, 4) is 5.69 Å². The van der Waals surface area contributed by atoms with Crippen molar-refractivity contribution in [3.63, 3.8) is 0 Å². The van der Waals surface area contributed by atoms with Gasteiger partial charge in [0, 0.05) is 6.54 Å². The molecule has 2 rings (SSSR count). The minimum absolute atomic E-state index is 0.0628. The Labute approximate surface area is 135 Å². The average molecular weight is 317 g/mol. The van der Waals surface area contributed by atoms with E-state index in [-0.39, 0.29) is 11.9 Å². The molecular formula is C15H23N7O. The predicted molar refractivity (Wildman–Crippen MR) is 88.2 cm³/mol. The van der Waals surface area contributed by atoms with Gasteiger partial charge in [0.15, 0.2) is 0 Å². The second-order valence-corrected chi connectivity index (χ2v) is 5.14. The third kappa shape index (κ3) is 4.75. The van der Waals surface area contributed by atoms with Gasteiger partial charge in [-0.1, -0.05) is 30.2 Å². The number of benzene rings is 1. The first-order valence-electron chi connectivity index (χ1n) is 7.84. The molecule has 0 bridgehead atoms. The van der Waals surface area contributed by atoms with Crippen LogP contribution < -0.4 is 16.4 Å². The lowest BCUT2D eigenvalue weighted by atomic mass is 10.2. The van der Waals surface area contributed by atoms with Gasteiger partial charge < -0.3 is 16.4 Å². The zero-order valence-electron chi connectivity index (χ0n) is 13.3. The molecule has 1 amide bonds. The van der Waals surface area contributed by atoms with Gasteiger partial charge in [0.1, 0.15) is 6.04 Å². The number of nitrogens with one attached hydrogen (secondary N) is 2. The van der Waals surface area contributed by atoms with Gasteiger partial charge in [0.05, 0.1) is 5.69 Å². The Bertz CT molecular complexity index is 599. The number of para-hydroxylation sites is 1. The minimum atomic E-state index is -0.388. The molecule has 2 aromatic rings. The Kier molecular flexibility index (Phi) is 6.49. The van der Waals surface area contributed by atoms with Crippen LogP contribution in [0.15, 0.2) is 30.3 Å². The van der Waals surface area contributed by atoms with Crippen LogP contribution in [0.2, 0.25) is 0 Å². The van der Waals surface area contributed by atoms with E-state index in [1.54, 1.807) is 4.68 Å². The van der Waals surface area contributed by atoms with Gasteiger partial charge in [-0.25, -0.2) is 0 Å². The number of tetrazole rings is 1. The summed E-state index contributed by atoms with van der Waals surface area (Å²) in [4.78, 5) is 12.2. The summed E-state index contributed by atoms with van der Waals surface area (Å²) >= 11 is 0. The molecule has 8 heteroatoms. The molecule has 0 saturated carbocycles. The number of anilines is 1. The number of amides is 1. The Morgan fingerprint density at radius 2 is 2.09 bits per heavy atom. The number of carbonyl (C=O) groups excluding carboxylic acids is 1. The Morgan fingerprint density at radius 3 is 2.78 bits per heavy atom. The summed E-state index contributed by atoms with van der Waals surface area (Å²) in [7, 11) is 0. The third-order valence-electron chi connectivity index (χ3n) is 3.43. The highest BCUT2D eigenvalue weighted by Crippen LogP contribution is 2.12. The summed E-state index contributed by atoms with van der Waals surface area (Å²) in [6.07, 6.45) is 2.40. The zero-order chi connectivity index (χ0) is 16.5.